The number of nitrogens with zero attached hydrogens (tertiary/aromatic N) is 2. The molecule has 0 amide bonds. The molecule has 2 aromatic heterocycles. The van der Waals surface area contributed by atoms with Crippen LogP contribution in [0.25, 0.3) is 10.6 Å². The molecule has 0 atom stereocenters. The number of hydrogen-bond donors (Lipinski definition) is 0. The third kappa shape index (κ3) is 4.43. The average Bonchev–Trinajstić information content (AvgIpc) is 3.13. The van der Waals surface area contributed by atoms with Crippen LogP contribution in [0.5, 0.6) is 0 Å². The Balaban J connectivity index is 1.56. The molecule has 1 aromatic carbocycles. The van der Waals surface area contributed by atoms with Crippen LogP contribution in [0.2, 0.25) is 5.02 Å². The fraction of sp³-hybridized carbons (Fsp3) is 0.238. The van der Waals surface area contributed by atoms with Crippen molar-refractivity contribution in [2.24, 2.45) is 0 Å². The molecule has 3 aromatic rings. The summed E-state index contributed by atoms with van der Waals surface area (Å²) in [4.78, 5) is 34.8. The van der Waals surface area contributed by atoms with E-state index in [0.29, 0.717) is 22.2 Å². The van der Waals surface area contributed by atoms with E-state index in [4.69, 9.17) is 11.6 Å². The largest absolute Gasteiger partial charge is 0.294 e. The molecule has 8 heteroatoms. The fourth-order valence-electron chi connectivity index (χ4n) is 3.25. The van der Waals surface area contributed by atoms with Crippen LogP contribution < -0.4 is 0 Å². The van der Waals surface area contributed by atoms with Gasteiger partial charge in [0.2, 0.25) is 0 Å². The second-order valence-electron chi connectivity index (χ2n) is 6.50. The summed E-state index contributed by atoms with van der Waals surface area (Å²) in [5.41, 5.74) is 3.43. The highest BCUT2D eigenvalue weighted by atomic mass is 35.5. The van der Waals surface area contributed by atoms with Crippen molar-refractivity contribution in [2.45, 2.75) is 28.6 Å². The van der Waals surface area contributed by atoms with Crippen molar-refractivity contribution >= 4 is 58.0 Å². The quantitative estimate of drug-likeness (QED) is 0.252. The van der Waals surface area contributed by atoms with Crippen molar-refractivity contribution in [3.05, 3.63) is 58.2 Å². The number of carbonyl (C=O) groups is 2. The molecule has 2 heterocycles. The number of benzene rings is 1. The van der Waals surface area contributed by atoms with Gasteiger partial charge in [-0.1, -0.05) is 23.4 Å². The lowest BCUT2D eigenvalue weighted by Crippen LogP contribution is -2.09. The molecular formula is C21H17ClN2O2S3. The minimum atomic E-state index is 0.00411. The molecule has 4 rings (SSSR count). The van der Waals surface area contributed by atoms with E-state index in [1.165, 1.54) is 11.8 Å². The predicted molar refractivity (Wildman–Crippen MR) is 121 cm³/mol. The lowest BCUT2D eigenvalue weighted by Gasteiger charge is -2.12. The smallest absolute Gasteiger partial charge is 0.188 e. The number of fused-ring (bicyclic) bond motifs is 1. The van der Waals surface area contributed by atoms with Crippen LogP contribution in [0.3, 0.4) is 0 Å². The highest BCUT2D eigenvalue weighted by Gasteiger charge is 2.27. The van der Waals surface area contributed by atoms with E-state index in [1.54, 1.807) is 53.6 Å². The second-order valence-corrected chi connectivity index (χ2v) is 9.97. The Kier molecular flexibility index (Phi) is 6.39. The maximum absolute atomic E-state index is 12.4. The first-order valence-corrected chi connectivity index (χ1v) is 12.4. The van der Waals surface area contributed by atoms with Crippen LogP contribution in [-0.4, -0.2) is 33.5 Å². The molecule has 0 N–H and O–H groups in total. The lowest BCUT2D eigenvalue weighted by molar-refractivity contribution is 0.0969. The molecule has 0 spiro atoms. The molecule has 0 fully saturated rings. The Bertz CT molecular complexity index is 1080. The molecule has 1 aliphatic carbocycles. The topological polar surface area (TPSA) is 59.9 Å². The van der Waals surface area contributed by atoms with Gasteiger partial charge in [0.1, 0.15) is 0 Å². The molecular weight excluding hydrogens is 444 g/mol. The van der Waals surface area contributed by atoms with Gasteiger partial charge in [-0.15, -0.1) is 23.1 Å². The Morgan fingerprint density at radius 3 is 2.76 bits per heavy atom. The summed E-state index contributed by atoms with van der Waals surface area (Å²) in [6, 6.07) is 8.74. The summed E-state index contributed by atoms with van der Waals surface area (Å²) in [6.45, 7) is 0. The summed E-state index contributed by atoms with van der Waals surface area (Å²) < 4.78 is 1.06. The third-order valence-corrected chi connectivity index (χ3v) is 8.12. The average molecular weight is 461 g/mol. The zero-order chi connectivity index (χ0) is 20.4. The van der Waals surface area contributed by atoms with Crippen LogP contribution in [0.4, 0.5) is 0 Å². The van der Waals surface area contributed by atoms with Gasteiger partial charge >= 0.3 is 0 Å². The van der Waals surface area contributed by atoms with Crippen molar-refractivity contribution in [1.82, 2.24) is 9.97 Å². The number of thioether (sulfide) groups is 2. The monoisotopic (exact) mass is 460 g/mol. The van der Waals surface area contributed by atoms with E-state index in [9.17, 15) is 9.59 Å². The normalized spacial score (nSPS) is 13.4. The van der Waals surface area contributed by atoms with Gasteiger partial charge in [-0.25, -0.2) is 9.97 Å². The fourth-order valence-corrected chi connectivity index (χ4v) is 6.20. The van der Waals surface area contributed by atoms with E-state index in [0.717, 1.165) is 38.7 Å². The highest BCUT2D eigenvalue weighted by Crippen LogP contribution is 2.44. The molecule has 148 valence electrons. The van der Waals surface area contributed by atoms with Gasteiger partial charge < -0.3 is 0 Å². The maximum Gasteiger partial charge on any atom is 0.188 e. The minimum Gasteiger partial charge on any atom is -0.294 e. The Labute approximate surface area is 186 Å². The summed E-state index contributed by atoms with van der Waals surface area (Å²) in [7, 11) is 0. The molecule has 0 unspecified atom stereocenters. The zero-order valence-electron chi connectivity index (χ0n) is 15.6. The van der Waals surface area contributed by atoms with Crippen molar-refractivity contribution in [2.75, 3.05) is 12.0 Å². The first-order chi connectivity index (χ1) is 14.1. The van der Waals surface area contributed by atoms with Gasteiger partial charge in [-0.2, -0.15) is 0 Å². The minimum absolute atomic E-state index is 0.00411. The molecule has 4 nitrogen and oxygen atoms in total. The van der Waals surface area contributed by atoms with Crippen LogP contribution in [0.15, 0.2) is 45.9 Å². The number of ketones is 2. The number of carbonyl (C=O) groups excluding carboxylic acids is 2. The second kappa shape index (κ2) is 9.00. The number of halogens is 1. The number of Topliss-reactive ketones (excluding diaryl/α,β-unsaturated/α-hetero) is 2. The van der Waals surface area contributed by atoms with Crippen molar-refractivity contribution < 1.29 is 9.59 Å². The summed E-state index contributed by atoms with van der Waals surface area (Å²) in [5.74, 6) is 0.488. The van der Waals surface area contributed by atoms with E-state index >= 15 is 0 Å². The van der Waals surface area contributed by atoms with Crippen molar-refractivity contribution in [1.29, 1.82) is 0 Å². The molecule has 0 bridgehead atoms. The third-order valence-electron chi connectivity index (χ3n) is 4.63. The van der Waals surface area contributed by atoms with E-state index in [-0.39, 0.29) is 17.3 Å². The van der Waals surface area contributed by atoms with Gasteiger partial charge in [0.15, 0.2) is 16.7 Å². The van der Waals surface area contributed by atoms with E-state index < -0.39 is 0 Å². The van der Waals surface area contributed by atoms with Crippen LogP contribution >= 0.6 is 46.5 Å². The lowest BCUT2D eigenvalue weighted by atomic mass is 9.92. The molecule has 0 saturated carbocycles. The zero-order valence-corrected chi connectivity index (χ0v) is 18.8. The van der Waals surface area contributed by atoms with Crippen LogP contribution in [0, 0.1) is 0 Å². The SMILES string of the molecule is CSc1sc(-c2ccnc(SCC(=O)c3ccc(Cl)cc3)n2)c2c1C(=O)CCC2. The number of thiophene rings is 1. The summed E-state index contributed by atoms with van der Waals surface area (Å²) in [5, 5.41) is 1.16. The first-order valence-electron chi connectivity index (χ1n) is 9.04. The number of rotatable bonds is 6. The Morgan fingerprint density at radius 1 is 1.21 bits per heavy atom. The summed E-state index contributed by atoms with van der Waals surface area (Å²) >= 11 is 10.4. The van der Waals surface area contributed by atoms with Gasteiger partial charge in [0.05, 0.1) is 20.5 Å². The van der Waals surface area contributed by atoms with Crippen molar-refractivity contribution in [3.8, 4) is 10.6 Å². The predicted octanol–water partition coefficient (Wildman–Crippen LogP) is 6.07. The Morgan fingerprint density at radius 2 is 2.00 bits per heavy atom. The van der Waals surface area contributed by atoms with Gasteiger partial charge in [-0.05, 0) is 55.0 Å². The van der Waals surface area contributed by atoms with E-state index in [2.05, 4.69) is 9.97 Å². The molecule has 0 aliphatic heterocycles. The maximum atomic E-state index is 12.4. The van der Waals surface area contributed by atoms with Crippen LogP contribution in [0.1, 0.15) is 39.1 Å². The Hall–Kier alpha value is -1.67. The molecule has 0 saturated heterocycles. The number of aromatic nitrogens is 2. The molecule has 0 radical (unpaired) electrons. The molecule has 1 aliphatic rings. The first kappa shape index (κ1) is 20.6. The number of hydrogen-bond acceptors (Lipinski definition) is 7. The summed E-state index contributed by atoms with van der Waals surface area (Å²) in [6.07, 6.45) is 6.11. The highest BCUT2D eigenvalue weighted by molar-refractivity contribution is 8.00. The van der Waals surface area contributed by atoms with Gasteiger partial charge in [0, 0.05) is 28.8 Å². The van der Waals surface area contributed by atoms with Gasteiger partial charge in [-0.3, -0.25) is 9.59 Å². The van der Waals surface area contributed by atoms with Crippen LogP contribution in [-0.2, 0) is 6.42 Å². The standard InChI is InChI=1S/C21H17ClN2O2S3/c1-27-20-18-14(3-2-4-16(18)25)19(29-20)15-9-10-23-21(24-15)28-11-17(26)12-5-7-13(22)8-6-12/h5-10H,2-4,11H2,1H3. The molecule has 29 heavy (non-hydrogen) atoms. The van der Waals surface area contributed by atoms with Gasteiger partial charge in [0.25, 0.3) is 0 Å². The van der Waals surface area contributed by atoms with E-state index in [1.807, 2.05) is 12.3 Å². The van der Waals surface area contributed by atoms with Crippen molar-refractivity contribution in [3.63, 3.8) is 0 Å².